The Hall–Kier alpha value is -3.73. The van der Waals surface area contributed by atoms with Gasteiger partial charge >= 0.3 is 0 Å². The number of hydrogen-bond acceptors (Lipinski definition) is 3. The quantitative estimate of drug-likeness (QED) is 0.508. The summed E-state index contributed by atoms with van der Waals surface area (Å²) in [5, 5.41) is 9.22. The first-order chi connectivity index (χ1) is 14.5. The summed E-state index contributed by atoms with van der Waals surface area (Å²) in [7, 11) is 1.90. The predicted octanol–water partition coefficient (Wildman–Crippen LogP) is 5.34. The first kappa shape index (κ1) is 18.3. The number of hydrogen-bond donors (Lipinski definition) is 1. The van der Waals surface area contributed by atoms with Crippen molar-refractivity contribution in [1.29, 1.82) is 0 Å². The highest BCUT2D eigenvalue weighted by molar-refractivity contribution is 6.05. The van der Waals surface area contributed by atoms with E-state index in [1.54, 1.807) is 10.9 Å². The van der Waals surface area contributed by atoms with E-state index in [9.17, 15) is 4.79 Å². The van der Waals surface area contributed by atoms with Gasteiger partial charge in [0.2, 0.25) is 0 Å². The van der Waals surface area contributed by atoms with E-state index in [-0.39, 0.29) is 7.33 Å². The van der Waals surface area contributed by atoms with Crippen molar-refractivity contribution in [2.75, 3.05) is 5.32 Å². The normalized spacial score (nSPS) is 15.2. The fourth-order valence-corrected chi connectivity index (χ4v) is 3.91. The van der Waals surface area contributed by atoms with Gasteiger partial charge in [0.15, 0.2) is 0 Å². The number of aromatic nitrogens is 3. The van der Waals surface area contributed by atoms with Crippen LogP contribution in [0.15, 0.2) is 67.1 Å². The molecule has 5 nitrogen and oxygen atoms in total. The van der Waals surface area contributed by atoms with Crippen LogP contribution in [-0.2, 0) is 13.5 Å². The molecular formula is C25H24N4O. The molecule has 0 radical (unpaired) electrons. The molecule has 0 fully saturated rings. The van der Waals surface area contributed by atoms with Gasteiger partial charge in [-0.25, -0.2) is 4.98 Å². The lowest BCUT2D eigenvalue weighted by molar-refractivity contribution is 0.102. The molecule has 1 N–H and O–H groups in total. The molecule has 0 aliphatic heterocycles. The second kappa shape index (κ2) is 7.26. The molecule has 1 aliphatic carbocycles. The third kappa shape index (κ3) is 3.50. The topological polar surface area (TPSA) is 59.8 Å². The molecule has 5 rings (SSSR count). The van der Waals surface area contributed by atoms with Crippen molar-refractivity contribution in [3.05, 3.63) is 83.8 Å². The zero-order valence-electron chi connectivity index (χ0n) is 17.0. The van der Waals surface area contributed by atoms with Crippen LogP contribution in [0.1, 0.15) is 29.8 Å². The Balaban J connectivity index is 0.00000231. The zero-order chi connectivity index (χ0) is 20.7. The van der Waals surface area contributed by atoms with Gasteiger partial charge < -0.3 is 5.32 Å². The number of aryl methyl sites for hydroxylation is 1. The number of nitrogens with zero attached hydrogens (tertiary/aromatic N) is 3. The number of carbonyl (C=O) groups excluding carboxylic acids is 1. The van der Waals surface area contributed by atoms with Crippen LogP contribution in [0.5, 0.6) is 0 Å². The smallest absolute Gasteiger partial charge is 0.256 e. The first-order valence-corrected chi connectivity index (χ1v) is 10.1. The highest BCUT2D eigenvalue weighted by Crippen LogP contribution is 2.26. The molecule has 0 saturated carbocycles. The van der Waals surface area contributed by atoms with Crippen molar-refractivity contribution in [3.63, 3.8) is 0 Å². The minimum absolute atomic E-state index is 0. The zero-order valence-corrected chi connectivity index (χ0v) is 17.0. The first-order valence-electron chi connectivity index (χ1n) is 10.1. The lowest BCUT2D eigenvalue weighted by atomic mass is 9.90. The number of amides is 1. The fraction of sp³-hybridized carbons (Fsp3) is 0.160. The summed E-state index contributed by atoms with van der Waals surface area (Å²) in [5.41, 5.74) is 5.17. The maximum absolute atomic E-state index is 12.8. The minimum atomic E-state index is -0.153. The van der Waals surface area contributed by atoms with Crippen molar-refractivity contribution >= 4 is 28.6 Å². The highest BCUT2D eigenvalue weighted by Gasteiger charge is 2.14. The van der Waals surface area contributed by atoms with Gasteiger partial charge in [-0.3, -0.25) is 9.48 Å². The third-order valence-electron chi connectivity index (χ3n) is 5.56. The predicted molar refractivity (Wildman–Crippen MR) is 122 cm³/mol. The molecule has 0 spiro atoms. The Kier molecular flexibility index (Phi) is 4.43. The number of rotatable bonds is 3. The number of allylic oxidation sites excluding steroid dienone is 1. The monoisotopic (exact) mass is 396 g/mol. The van der Waals surface area contributed by atoms with Crippen molar-refractivity contribution in [2.24, 2.45) is 13.0 Å². The van der Waals surface area contributed by atoms with Crippen molar-refractivity contribution < 1.29 is 6.22 Å². The summed E-state index contributed by atoms with van der Waals surface area (Å²) >= 11 is 0. The second-order valence-electron chi connectivity index (χ2n) is 7.94. The molecule has 30 heavy (non-hydrogen) atoms. The molecule has 1 atom stereocenters. The van der Waals surface area contributed by atoms with E-state index in [2.05, 4.69) is 52.7 Å². The van der Waals surface area contributed by atoms with E-state index in [0.717, 1.165) is 33.9 Å². The molecule has 4 aromatic rings. The fourth-order valence-electron chi connectivity index (χ4n) is 3.91. The lowest BCUT2D eigenvalue weighted by Crippen LogP contribution is -2.14. The number of pyridine rings is 1. The van der Waals surface area contributed by atoms with Crippen LogP contribution in [0.2, 0.25) is 0 Å². The Morgan fingerprint density at radius 3 is 2.83 bits per heavy atom. The van der Waals surface area contributed by atoms with E-state index in [1.807, 2.05) is 43.7 Å². The molecule has 2 aromatic carbocycles. The number of fused-ring (bicyclic) bond motifs is 2. The van der Waals surface area contributed by atoms with Gasteiger partial charge in [0, 0.05) is 37.4 Å². The minimum Gasteiger partial charge on any atom is -0.307 e. The van der Waals surface area contributed by atoms with Gasteiger partial charge in [-0.2, -0.15) is 5.10 Å². The van der Waals surface area contributed by atoms with Crippen molar-refractivity contribution in [2.45, 2.75) is 13.3 Å². The third-order valence-corrected chi connectivity index (χ3v) is 5.56. The maximum Gasteiger partial charge on any atom is 0.256 e. The highest BCUT2D eigenvalue weighted by atomic mass is 16.1. The summed E-state index contributed by atoms with van der Waals surface area (Å²) in [4.78, 5) is 17.2. The second-order valence-corrected chi connectivity index (χ2v) is 7.94. The molecule has 5 heteroatoms. The molecule has 1 unspecified atom stereocenters. The molecule has 2 heterocycles. The van der Waals surface area contributed by atoms with E-state index < -0.39 is 0 Å². The Morgan fingerprint density at radius 2 is 2.00 bits per heavy atom. The summed E-state index contributed by atoms with van der Waals surface area (Å²) in [6, 6.07) is 14.0. The van der Waals surface area contributed by atoms with Crippen LogP contribution < -0.4 is 5.32 Å². The van der Waals surface area contributed by atoms with E-state index in [4.69, 9.17) is 0 Å². The van der Waals surface area contributed by atoms with Crippen LogP contribution >= 0.6 is 0 Å². The maximum atomic E-state index is 12.8. The van der Waals surface area contributed by atoms with Gasteiger partial charge in [-0.15, -0.1) is 0 Å². The average molecular weight is 396 g/mol. The summed E-state index contributed by atoms with van der Waals surface area (Å²) in [6.45, 7) is 2.20. The van der Waals surface area contributed by atoms with E-state index in [0.29, 0.717) is 17.3 Å². The Bertz CT molecular complexity index is 1310. The van der Waals surface area contributed by atoms with E-state index >= 15 is 0 Å². The van der Waals surface area contributed by atoms with Gasteiger partial charge in [-0.05, 0) is 58.7 Å². The van der Waals surface area contributed by atoms with Crippen LogP contribution in [-0.4, -0.2) is 20.7 Å². The van der Waals surface area contributed by atoms with Crippen LogP contribution in [0.3, 0.4) is 0 Å². The molecule has 0 bridgehead atoms. The molecule has 150 valence electrons. The van der Waals surface area contributed by atoms with Crippen LogP contribution in [0.25, 0.3) is 28.0 Å². The largest absolute Gasteiger partial charge is 0.307 e. The standard InChI is InChI=1S/C25H22N4O.H2/c1-16-3-4-18-10-20(7-5-17(18)9-16)25(30)28-24-12-22-11-19(6-8-21(22)13-26-24)23-14-27-29(2)15-23;/h3-8,10-16H,9H2,1-2H3,(H,26,28,30);1H. The molecule has 1 aliphatic rings. The number of anilines is 1. The molecular weight excluding hydrogens is 372 g/mol. The van der Waals surface area contributed by atoms with Crippen LogP contribution in [0, 0.1) is 5.92 Å². The lowest BCUT2D eigenvalue weighted by Gasteiger charge is -2.16. The van der Waals surface area contributed by atoms with Gasteiger partial charge in [0.05, 0.1) is 6.20 Å². The number of carbonyl (C=O) groups is 1. The van der Waals surface area contributed by atoms with Gasteiger partial charge in [-0.1, -0.05) is 37.3 Å². The van der Waals surface area contributed by atoms with Gasteiger partial charge in [0.25, 0.3) is 5.91 Å². The van der Waals surface area contributed by atoms with Crippen molar-refractivity contribution in [1.82, 2.24) is 14.8 Å². The molecule has 2 aromatic heterocycles. The van der Waals surface area contributed by atoms with E-state index in [1.165, 1.54) is 5.56 Å². The number of benzene rings is 2. The van der Waals surface area contributed by atoms with Crippen LogP contribution in [0.4, 0.5) is 5.82 Å². The molecule has 0 saturated heterocycles. The van der Waals surface area contributed by atoms with Crippen molar-refractivity contribution in [3.8, 4) is 11.1 Å². The summed E-state index contributed by atoms with van der Waals surface area (Å²) in [6.07, 6.45) is 10.9. The SMILES string of the molecule is CC1C=Cc2cc(C(=O)Nc3cc4cc(-c5cnn(C)c5)ccc4cn3)ccc2C1.[HH]. The molecule has 1 amide bonds. The Labute approximate surface area is 176 Å². The average Bonchev–Trinajstić information content (AvgIpc) is 3.19. The number of nitrogens with one attached hydrogen (secondary N) is 1. The van der Waals surface area contributed by atoms with Gasteiger partial charge in [0.1, 0.15) is 5.82 Å². The summed E-state index contributed by atoms with van der Waals surface area (Å²) < 4.78 is 1.78. The summed E-state index contributed by atoms with van der Waals surface area (Å²) in [5.74, 6) is 0.924. The Morgan fingerprint density at radius 1 is 1.10 bits per heavy atom.